The van der Waals surface area contributed by atoms with Gasteiger partial charge in [-0.05, 0) is 30.7 Å². The van der Waals surface area contributed by atoms with Crippen LogP contribution in [0.2, 0.25) is 0 Å². The maximum Gasteiger partial charge on any atom is 0.303 e. The molecule has 0 unspecified atom stereocenters. The molecule has 0 aliphatic rings. The van der Waals surface area contributed by atoms with Crippen LogP contribution in [0.3, 0.4) is 0 Å². The second kappa shape index (κ2) is 11.1. The molecule has 1 aromatic carbocycles. The molecule has 2 N–H and O–H groups in total. The molecule has 1 rings (SSSR count). The number of aromatic hydroxyl groups is 1. The van der Waals surface area contributed by atoms with Crippen molar-refractivity contribution < 1.29 is 15.0 Å². The minimum Gasteiger partial charge on any atom is -0.508 e. The Bertz CT molecular complexity index is 393. The van der Waals surface area contributed by atoms with E-state index in [0.717, 1.165) is 12.8 Å². The van der Waals surface area contributed by atoms with Crippen molar-refractivity contribution in [2.75, 3.05) is 0 Å². The smallest absolute Gasteiger partial charge is 0.303 e. The summed E-state index contributed by atoms with van der Waals surface area (Å²) in [6.45, 7) is 2.15. The largest absolute Gasteiger partial charge is 0.508 e. The highest BCUT2D eigenvalue weighted by molar-refractivity contribution is 5.66. The summed E-state index contributed by atoms with van der Waals surface area (Å²) in [5, 5.41) is 25.3. The SMILES string of the molecule is CCCCCCCC(=O)O.N#Cc1ccc(O)cc1. The van der Waals surface area contributed by atoms with Gasteiger partial charge >= 0.3 is 5.97 Å². The Hall–Kier alpha value is -2.02. The second-order valence-electron chi connectivity index (χ2n) is 4.22. The van der Waals surface area contributed by atoms with Crippen molar-refractivity contribution in [2.45, 2.75) is 45.4 Å². The Morgan fingerprint density at radius 1 is 1.16 bits per heavy atom. The summed E-state index contributed by atoms with van der Waals surface area (Å²) >= 11 is 0. The van der Waals surface area contributed by atoms with Crippen LogP contribution >= 0.6 is 0 Å². The van der Waals surface area contributed by atoms with E-state index in [4.69, 9.17) is 15.5 Å². The third-order valence-electron chi connectivity index (χ3n) is 2.49. The molecule has 4 heteroatoms. The number of rotatable bonds is 6. The predicted octanol–water partition coefficient (Wildman–Crippen LogP) is 3.70. The monoisotopic (exact) mass is 263 g/mol. The van der Waals surface area contributed by atoms with Crippen LogP contribution in [0, 0.1) is 11.3 Å². The topological polar surface area (TPSA) is 81.3 Å². The summed E-state index contributed by atoms with van der Waals surface area (Å²) in [7, 11) is 0. The van der Waals surface area contributed by atoms with Gasteiger partial charge in [0.1, 0.15) is 5.75 Å². The molecule has 0 saturated heterocycles. The van der Waals surface area contributed by atoms with Gasteiger partial charge in [-0.25, -0.2) is 0 Å². The van der Waals surface area contributed by atoms with Crippen LogP contribution in [0.1, 0.15) is 51.0 Å². The molecule has 0 aromatic heterocycles. The molecule has 19 heavy (non-hydrogen) atoms. The Morgan fingerprint density at radius 3 is 2.21 bits per heavy atom. The summed E-state index contributed by atoms with van der Waals surface area (Å²) in [6, 6.07) is 8.04. The van der Waals surface area contributed by atoms with Gasteiger partial charge in [-0.1, -0.05) is 32.6 Å². The lowest BCUT2D eigenvalue weighted by molar-refractivity contribution is -0.137. The zero-order valence-electron chi connectivity index (χ0n) is 11.3. The number of carbonyl (C=O) groups is 1. The number of benzene rings is 1. The fraction of sp³-hybridized carbons (Fsp3) is 0.467. The van der Waals surface area contributed by atoms with Gasteiger partial charge < -0.3 is 10.2 Å². The molecule has 0 amide bonds. The van der Waals surface area contributed by atoms with Gasteiger partial charge in [-0.2, -0.15) is 5.26 Å². The number of carboxylic acid groups (broad SMARTS) is 1. The van der Waals surface area contributed by atoms with Crippen LogP contribution in [0.15, 0.2) is 24.3 Å². The molecule has 1 aromatic rings. The average molecular weight is 263 g/mol. The highest BCUT2D eigenvalue weighted by Gasteiger charge is 1.94. The molecule has 0 saturated carbocycles. The van der Waals surface area contributed by atoms with Crippen LogP contribution in [0.4, 0.5) is 0 Å². The first-order chi connectivity index (χ1) is 9.10. The normalized spacial score (nSPS) is 9.05. The fourth-order valence-electron chi connectivity index (χ4n) is 1.42. The molecular formula is C15H21NO3. The van der Waals surface area contributed by atoms with E-state index < -0.39 is 5.97 Å². The van der Waals surface area contributed by atoms with E-state index >= 15 is 0 Å². The maximum atomic E-state index is 10.0. The first kappa shape index (κ1) is 17.0. The van der Waals surface area contributed by atoms with Gasteiger partial charge in [-0.3, -0.25) is 4.79 Å². The Balaban J connectivity index is 0.000000342. The molecule has 0 bridgehead atoms. The minimum absolute atomic E-state index is 0.189. The first-order valence-electron chi connectivity index (χ1n) is 6.51. The van der Waals surface area contributed by atoms with Crippen molar-refractivity contribution in [3.8, 4) is 11.8 Å². The van der Waals surface area contributed by atoms with E-state index in [0.29, 0.717) is 12.0 Å². The molecule has 4 nitrogen and oxygen atoms in total. The van der Waals surface area contributed by atoms with Gasteiger partial charge in [0.2, 0.25) is 0 Å². The third kappa shape index (κ3) is 10.8. The third-order valence-corrected chi connectivity index (χ3v) is 2.49. The molecule has 104 valence electrons. The van der Waals surface area contributed by atoms with Crippen molar-refractivity contribution in [3.05, 3.63) is 29.8 Å². The maximum absolute atomic E-state index is 10.0. The quantitative estimate of drug-likeness (QED) is 0.767. The van der Waals surface area contributed by atoms with Crippen molar-refractivity contribution in [2.24, 2.45) is 0 Å². The highest BCUT2D eigenvalue weighted by Crippen LogP contribution is 2.07. The summed E-state index contributed by atoms with van der Waals surface area (Å²) < 4.78 is 0. The number of phenolic OH excluding ortho intramolecular Hbond substituents is 1. The minimum atomic E-state index is -0.670. The van der Waals surface area contributed by atoms with Gasteiger partial charge in [-0.15, -0.1) is 0 Å². The van der Waals surface area contributed by atoms with E-state index in [1.54, 1.807) is 12.1 Å². The van der Waals surface area contributed by atoms with E-state index in [1.165, 1.54) is 31.4 Å². The lowest BCUT2D eigenvalue weighted by Gasteiger charge is -1.95. The van der Waals surface area contributed by atoms with Crippen LogP contribution in [-0.2, 0) is 4.79 Å². The Morgan fingerprint density at radius 2 is 1.74 bits per heavy atom. The van der Waals surface area contributed by atoms with E-state index in [9.17, 15) is 4.79 Å². The molecule has 0 aliphatic heterocycles. The van der Waals surface area contributed by atoms with Crippen molar-refractivity contribution in [1.82, 2.24) is 0 Å². The van der Waals surface area contributed by atoms with Crippen LogP contribution in [-0.4, -0.2) is 16.2 Å². The van der Waals surface area contributed by atoms with Gasteiger partial charge in [0.15, 0.2) is 0 Å². The number of nitriles is 1. The van der Waals surface area contributed by atoms with Gasteiger partial charge in [0.25, 0.3) is 0 Å². The Labute approximate surface area is 114 Å². The molecule has 0 radical (unpaired) electrons. The average Bonchev–Trinajstić information content (AvgIpc) is 2.40. The van der Waals surface area contributed by atoms with Crippen molar-refractivity contribution >= 4 is 5.97 Å². The number of hydrogen-bond acceptors (Lipinski definition) is 3. The zero-order chi connectivity index (χ0) is 14.5. The summed E-state index contributed by atoms with van der Waals surface area (Å²) in [4.78, 5) is 10.0. The summed E-state index contributed by atoms with van der Waals surface area (Å²) in [5.74, 6) is -0.481. The number of aliphatic carboxylic acids is 1. The molecule has 0 fully saturated rings. The van der Waals surface area contributed by atoms with Gasteiger partial charge in [0.05, 0.1) is 11.6 Å². The molecule has 0 heterocycles. The number of phenols is 1. The number of unbranched alkanes of at least 4 members (excludes halogenated alkanes) is 4. The van der Waals surface area contributed by atoms with E-state index in [1.807, 2.05) is 6.07 Å². The lowest BCUT2D eigenvalue weighted by Crippen LogP contribution is -1.93. The van der Waals surface area contributed by atoms with Crippen LogP contribution in [0.25, 0.3) is 0 Å². The second-order valence-corrected chi connectivity index (χ2v) is 4.22. The Kier molecular flexibility index (Phi) is 9.91. The number of nitrogens with zero attached hydrogens (tertiary/aromatic N) is 1. The summed E-state index contributed by atoms with van der Waals surface area (Å²) in [5.41, 5.74) is 0.563. The van der Waals surface area contributed by atoms with Crippen molar-refractivity contribution in [3.63, 3.8) is 0 Å². The standard InChI is InChI=1S/C8H16O2.C7H5NO/c1-2-3-4-5-6-7-8(9)10;8-5-6-1-3-7(9)4-2-6/h2-7H2,1H3,(H,9,10);1-4,9H. The fourth-order valence-corrected chi connectivity index (χ4v) is 1.42. The molecule has 0 atom stereocenters. The predicted molar refractivity (Wildman–Crippen MR) is 73.8 cm³/mol. The van der Waals surface area contributed by atoms with Crippen LogP contribution < -0.4 is 0 Å². The highest BCUT2D eigenvalue weighted by atomic mass is 16.4. The molecular weight excluding hydrogens is 242 g/mol. The lowest BCUT2D eigenvalue weighted by atomic mass is 10.1. The first-order valence-corrected chi connectivity index (χ1v) is 6.51. The summed E-state index contributed by atoms with van der Waals surface area (Å²) in [6.07, 6.45) is 5.88. The van der Waals surface area contributed by atoms with E-state index in [2.05, 4.69) is 6.92 Å². The van der Waals surface area contributed by atoms with Crippen LogP contribution in [0.5, 0.6) is 5.75 Å². The zero-order valence-corrected chi connectivity index (χ0v) is 11.3. The van der Waals surface area contributed by atoms with E-state index in [-0.39, 0.29) is 5.75 Å². The van der Waals surface area contributed by atoms with Crippen molar-refractivity contribution in [1.29, 1.82) is 5.26 Å². The number of hydrogen-bond donors (Lipinski definition) is 2. The molecule has 0 aliphatic carbocycles. The van der Waals surface area contributed by atoms with Gasteiger partial charge in [0, 0.05) is 6.42 Å². The number of carboxylic acids is 1. The molecule has 0 spiro atoms.